The molecular weight excluding hydrogens is 463 g/mol. The van der Waals surface area contributed by atoms with E-state index in [-0.39, 0.29) is 24.0 Å². The molecule has 1 saturated carbocycles. The average molecular weight is 500 g/mol. The Morgan fingerprint density at radius 3 is 2.68 bits per heavy atom. The third kappa shape index (κ3) is 7.87. The van der Waals surface area contributed by atoms with Crippen LogP contribution in [0.25, 0.3) is 0 Å². The second-order valence-electron chi connectivity index (χ2n) is 7.81. The fraction of sp³-hybridized carbons (Fsp3) is 0.682. The first-order chi connectivity index (χ1) is 13.3. The van der Waals surface area contributed by atoms with Gasteiger partial charge in [-0.2, -0.15) is 0 Å². The maximum atomic E-state index is 5.74. The van der Waals surface area contributed by atoms with Gasteiger partial charge in [0.1, 0.15) is 0 Å². The normalized spacial score (nSPS) is 20.9. The zero-order valence-corrected chi connectivity index (χ0v) is 19.6. The highest BCUT2D eigenvalue weighted by atomic mass is 127. The van der Waals surface area contributed by atoms with Crippen molar-refractivity contribution in [1.29, 1.82) is 0 Å². The van der Waals surface area contributed by atoms with Crippen molar-refractivity contribution in [2.24, 2.45) is 4.99 Å². The van der Waals surface area contributed by atoms with E-state index in [9.17, 15) is 0 Å². The Hall–Kier alpha value is -0.860. The van der Waals surface area contributed by atoms with Crippen molar-refractivity contribution in [2.45, 2.75) is 63.6 Å². The molecule has 1 aromatic carbocycles. The zero-order valence-electron chi connectivity index (χ0n) is 17.2. The molecule has 3 rings (SSSR count). The second kappa shape index (κ2) is 13.4. The quantitative estimate of drug-likeness (QED) is 0.235. The zero-order chi connectivity index (χ0) is 18.7. The van der Waals surface area contributed by atoms with Crippen LogP contribution in [-0.2, 0) is 11.3 Å². The summed E-state index contributed by atoms with van der Waals surface area (Å²) in [5, 5.41) is 7.06. The van der Waals surface area contributed by atoms with Gasteiger partial charge in [0, 0.05) is 45.4 Å². The summed E-state index contributed by atoms with van der Waals surface area (Å²) in [6, 6.07) is 11.7. The van der Waals surface area contributed by atoms with Crippen molar-refractivity contribution in [3.63, 3.8) is 0 Å². The molecule has 2 aliphatic rings. The van der Waals surface area contributed by atoms with Gasteiger partial charge >= 0.3 is 0 Å². The van der Waals surface area contributed by atoms with Crippen molar-refractivity contribution in [2.75, 3.05) is 33.3 Å². The van der Waals surface area contributed by atoms with Crippen LogP contribution in [0, 0.1) is 0 Å². The number of guanidine groups is 1. The van der Waals surface area contributed by atoms with E-state index in [0.29, 0.717) is 12.6 Å². The summed E-state index contributed by atoms with van der Waals surface area (Å²) in [6.45, 7) is 4.85. The molecule has 2 fully saturated rings. The molecule has 0 radical (unpaired) electrons. The number of rotatable bonds is 9. The maximum Gasteiger partial charge on any atom is 0.191 e. The van der Waals surface area contributed by atoms with E-state index in [1.54, 1.807) is 0 Å². The lowest BCUT2D eigenvalue weighted by Crippen LogP contribution is -2.45. The van der Waals surface area contributed by atoms with Crippen LogP contribution >= 0.6 is 24.0 Å². The van der Waals surface area contributed by atoms with E-state index in [1.165, 1.54) is 50.8 Å². The van der Waals surface area contributed by atoms with Crippen LogP contribution in [0.3, 0.4) is 0 Å². The van der Waals surface area contributed by atoms with Crippen molar-refractivity contribution >= 4 is 29.9 Å². The van der Waals surface area contributed by atoms with Crippen LogP contribution < -0.4 is 10.6 Å². The fourth-order valence-corrected chi connectivity index (χ4v) is 4.19. The van der Waals surface area contributed by atoms with Crippen LogP contribution in [-0.4, -0.2) is 56.2 Å². The Kier molecular flexibility index (Phi) is 11.2. The number of unbranched alkanes of at least 4 members (excludes halogenated alkanes) is 1. The summed E-state index contributed by atoms with van der Waals surface area (Å²) >= 11 is 0. The Balaban J connectivity index is 0.00000280. The Labute approximate surface area is 187 Å². The van der Waals surface area contributed by atoms with E-state index in [0.717, 1.165) is 38.0 Å². The molecule has 0 amide bonds. The first kappa shape index (κ1) is 23.4. The van der Waals surface area contributed by atoms with Gasteiger partial charge in [0.2, 0.25) is 0 Å². The molecule has 28 heavy (non-hydrogen) atoms. The predicted molar refractivity (Wildman–Crippen MR) is 127 cm³/mol. The summed E-state index contributed by atoms with van der Waals surface area (Å²) in [6.07, 6.45) is 9.00. The highest BCUT2D eigenvalue weighted by Gasteiger charge is 2.30. The summed E-state index contributed by atoms with van der Waals surface area (Å²) in [7, 11) is 1.86. The topological polar surface area (TPSA) is 48.9 Å². The van der Waals surface area contributed by atoms with Gasteiger partial charge < -0.3 is 15.4 Å². The van der Waals surface area contributed by atoms with Crippen molar-refractivity contribution in [1.82, 2.24) is 15.5 Å². The van der Waals surface area contributed by atoms with E-state index in [2.05, 4.69) is 44.8 Å². The molecule has 0 aromatic heterocycles. The van der Waals surface area contributed by atoms with Crippen LogP contribution in [0.2, 0.25) is 0 Å². The third-order valence-electron chi connectivity index (χ3n) is 5.74. The van der Waals surface area contributed by atoms with Crippen molar-refractivity contribution < 1.29 is 4.74 Å². The summed E-state index contributed by atoms with van der Waals surface area (Å²) in [5.74, 6) is 0.943. The molecule has 1 saturated heterocycles. The van der Waals surface area contributed by atoms with Gasteiger partial charge in [0.25, 0.3) is 0 Å². The number of aliphatic imine (C=N–C) groups is 1. The minimum Gasteiger partial charge on any atom is -0.377 e. The monoisotopic (exact) mass is 500 g/mol. The third-order valence-corrected chi connectivity index (χ3v) is 5.74. The number of halogens is 1. The second-order valence-corrected chi connectivity index (χ2v) is 7.81. The minimum absolute atomic E-state index is 0. The lowest BCUT2D eigenvalue weighted by Gasteiger charge is -2.24. The predicted octanol–water partition coefficient (Wildman–Crippen LogP) is 3.78. The number of benzene rings is 1. The maximum absolute atomic E-state index is 5.74. The number of likely N-dealkylation sites (tertiary alicyclic amines) is 1. The van der Waals surface area contributed by atoms with Gasteiger partial charge in [0.05, 0.1) is 6.61 Å². The smallest absolute Gasteiger partial charge is 0.191 e. The molecule has 1 aromatic rings. The molecule has 2 N–H and O–H groups in total. The number of hydrogen-bond acceptors (Lipinski definition) is 3. The Bertz CT molecular complexity index is 563. The molecule has 1 unspecified atom stereocenters. The molecule has 1 atom stereocenters. The van der Waals surface area contributed by atoms with E-state index in [4.69, 9.17) is 4.74 Å². The first-order valence-corrected chi connectivity index (χ1v) is 10.7. The highest BCUT2D eigenvalue weighted by molar-refractivity contribution is 14.0. The van der Waals surface area contributed by atoms with Gasteiger partial charge in [-0.15, -0.1) is 24.0 Å². The molecule has 0 bridgehead atoms. The summed E-state index contributed by atoms with van der Waals surface area (Å²) < 4.78 is 5.74. The van der Waals surface area contributed by atoms with Crippen LogP contribution in [0.4, 0.5) is 0 Å². The molecule has 1 aliphatic heterocycles. The van der Waals surface area contributed by atoms with E-state index in [1.807, 2.05) is 13.1 Å². The van der Waals surface area contributed by atoms with Crippen LogP contribution in [0.15, 0.2) is 35.3 Å². The van der Waals surface area contributed by atoms with Gasteiger partial charge in [-0.05, 0) is 37.7 Å². The average Bonchev–Trinajstić information content (AvgIpc) is 3.39. The molecule has 0 spiro atoms. The number of nitrogens with one attached hydrogen (secondary N) is 2. The Morgan fingerprint density at radius 1 is 1.14 bits per heavy atom. The molecule has 5 nitrogen and oxygen atoms in total. The first-order valence-electron chi connectivity index (χ1n) is 10.7. The van der Waals surface area contributed by atoms with Crippen LogP contribution in [0.5, 0.6) is 0 Å². The standard InChI is InChI=1S/C22H36N4O.HI/c1-23-22(25-20-13-15-26(17-20)21-11-5-6-12-21)24-14-7-8-16-27-18-19-9-3-2-4-10-19;/h2-4,9-10,20-21H,5-8,11-18H2,1H3,(H2,23,24,25);1H. The van der Waals surface area contributed by atoms with Gasteiger partial charge in [-0.1, -0.05) is 43.2 Å². The number of ether oxygens (including phenoxy) is 1. The summed E-state index contributed by atoms with van der Waals surface area (Å²) in [4.78, 5) is 7.07. The van der Waals surface area contributed by atoms with Crippen LogP contribution in [0.1, 0.15) is 50.5 Å². The molecule has 6 heteroatoms. The number of nitrogens with zero attached hydrogens (tertiary/aromatic N) is 2. The SMILES string of the molecule is CN=C(NCCCCOCc1ccccc1)NC1CCN(C2CCCC2)C1.I. The van der Waals surface area contributed by atoms with Crippen molar-refractivity contribution in [3.05, 3.63) is 35.9 Å². The molecule has 158 valence electrons. The van der Waals surface area contributed by atoms with Crippen molar-refractivity contribution in [3.8, 4) is 0 Å². The highest BCUT2D eigenvalue weighted by Crippen LogP contribution is 2.26. The van der Waals surface area contributed by atoms with E-state index < -0.39 is 0 Å². The van der Waals surface area contributed by atoms with E-state index >= 15 is 0 Å². The number of hydrogen-bond donors (Lipinski definition) is 2. The Morgan fingerprint density at radius 2 is 1.93 bits per heavy atom. The minimum atomic E-state index is 0. The fourth-order valence-electron chi connectivity index (χ4n) is 4.19. The van der Waals surface area contributed by atoms with Gasteiger partial charge in [-0.3, -0.25) is 9.89 Å². The van der Waals surface area contributed by atoms with Gasteiger partial charge in [0.15, 0.2) is 5.96 Å². The molecule has 1 aliphatic carbocycles. The largest absolute Gasteiger partial charge is 0.377 e. The van der Waals surface area contributed by atoms with Gasteiger partial charge in [-0.25, -0.2) is 0 Å². The molecular formula is C22H37IN4O. The summed E-state index contributed by atoms with van der Waals surface area (Å²) in [5.41, 5.74) is 1.24. The molecule has 1 heterocycles. The lowest BCUT2D eigenvalue weighted by atomic mass is 10.2. The lowest BCUT2D eigenvalue weighted by molar-refractivity contribution is 0.117.